The van der Waals surface area contributed by atoms with Gasteiger partial charge in [0.05, 0.1) is 10.6 Å². The van der Waals surface area contributed by atoms with E-state index < -0.39 is 5.82 Å². The molecule has 5 nitrogen and oxygen atoms in total. The van der Waals surface area contributed by atoms with Gasteiger partial charge in [0, 0.05) is 17.6 Å². The van der Waals surface area contributed by atoms with Crippen molar-refractivity contribution in [2.75, 3.05) is 0 Å². The van der Waals surface area contributed by atoms with Crippen molar-refractivity contribution in [3.8, 4) is 11.4 Å². The molecule has 0 fully saturated rings. The molecule has 1 heterocycles. The van der Waals surface area contributed by atoms with Gasteiger partial charge in [-0.15, -0.1) is 0 Å². The van der Waals surface area contributed by atoms with Crippen molar-refractivity contribution in [1.82, 2.24) is 14.8 Å². The molecule has 2 aromatic carbocycles. The number of hydrazone groups is 1. The van der Waals surface area contributed by atoms with Gasteiger partial charge in [0.2, 0.25) is 0 Å². The summed E-state index contributed by atoms with van der Waals surface area (Å²) < 4.78 is 15.6. The van der Waals surface area contributed by atoms with Crippen molar-refractivity contribution in [3.63, 3.8) is 0 Å². The summed E-state index contributed by atoms with van der Waals surface area (Å²) in [4.78, 5) is 4.36. The smallest absolute Gasteiger partial charge is 0.186 e. The molecule has 0 saturated carbocycles. The molecule has 24 heavy (non-hydrogen) atoms. The van der Waals surface area contributed by atoms with Crippen LogP contribution in [-0.2, 0) is 7.05 Å². The lowest BCUT2D eigenvalue weighted by Gasteiger charge is -2.04. The summed E-state index contributed by atoms with van der Waals surface area (Å²) in [6, 6.07) is 11.4. The molecule has 0 amide bonds. The minimum Gasteiger partial charge on any atom is -0.323 e. The van der Waals surface area contributed by atoms with Gasteiger partial charge in [-0.1, -0.05) is 41.4 Å². The first-order valence-electron chi connectivity index (χ1n) is 6.91. The largest absolute Gasteiger partial charge is 0.323 e. The molecule has 0 bridgehead atoms. The lowest BCUT2D eigenvalue weighted by atomic mass is 10.1. The fourth-order valence-corrected chi connectivity index (χ4v) is 2.65. The molecule has 122 valence electrons. The quantitative estimate of drug-likeness (QED) is 0.438. The first-order chi connectivity index (χ1) is 11.5. The van der Waals surface area contributed by atoms with Crippen LogP contribution in [0.1, 0.15) is 11.4 Å². The fourth-order valence-electron chi connectivity index (χ4n) is 2.28. The highest BCUT2D eigenvalue weighted by Crippen LogP contribution is 2.28. The van der Waals surface area contributed by atoms with Crippen LogP contribution in [-0.4, -0.2) is 20.5 Å². The normalized spacial score (nSPS) is 11.8. The first kappa shape index (κ1) is 16.4. The average Bonchev–Trinajstić information content (AvgIpc) is 2.91. The molecule has 3 rings (SSSR count). The van der Waals surface area contributed by atoms with Gasteiger partial charge in [-0.2, -0.15) is 10.2 Å². The standard InChI is InChI=1S/C16H12Cl2FN5/c1-24-16(14(22-20)9-5-7-10(17)8-6-9)21-15(23-24)13-11(18)3-2-4-12(13)19/h2-8H,20H2,1H3. The summed E-state index contributed by atoms with van der Waals surface area (Å²) in [6.45, 7) is 0. The van der Waals surface area contributed by atoms with Crippen molar-refractivity contribution in [3.05, 3.63) is 69.7 Å². The Balaban J connectivity index is 2.10. The van der Waals surface area contributed by atoms with Gasteiger partial charge in [0.25, 0.3) is 0 Å². The van der Waals surface area contributed by atoms with Crippen molar-refractivity contribution >= 4 is 28.9 Å². The Morgan fingerprint density at radius 3 is 2.50 bits per heavy atom. The molecule has 0 aliphatic rings. The Morgan fingerprint density at radius 2 is 1.88 bits per heavy atom. The van der Waals surface area contributed by atoms with Gasteiger partial charge < -0.3 is 5.84 Å². The highest BCUT2D eigenvalue weighted by Gasteiger charge is 2.20. The SMILES string of the molecule is Cn1nc(-c2c(F)cccc2Cl)nc1C(=NN)c1ccc(Cl)cc1. The average molecular weight is 364 g/mol. The summed E-state index contributed by atoms with van der Waals surface area (Å²) in [5.41, 5.74) is 1.25. The van der Waals surface area contributed by atoms with E-state index in [0.29, 0.717) is 22.1 Å². The third-order valence-corrected chi connectivity index (χ3v) is 3.97. The van der Waals surface area contributed by atoms with E-state index >= 15 is 0 Å². The van der Waals surface area contributed by atoms with Crippen LogP contribution in [0.25, 0.3) is 11.4 Å². The number of rotatable bonds is 3. The van der Waals surface area contributed by atoms with E-state index in [0.717, 1.165) is 0 Å². The second-order valence-electron chi connectivity index (χ2n) is 4.96. The van der Waals surface area contributed by atoms with Gasteiger partial charge in [-0.3, -0.25) is 0 Å². The predicted octanol–water partition coefficient (Wildman–Crippen LogP) is 3.64. The molecule has 2 N–H and O–H groups in total. The van der Waals surface area contributed by atoms with Crippen LogP contribution in [0.2, 0.25) is 10.0 Å². The Labute approximate surface area is 147 Å². The minimum absolute atomic E-state index is 0.133. The molecule has 0 spiro atoms. The van der Waals surface area contributed by atoms with Crippen LogP contribution in [0.4, 0.5) is 4.39 Å². The molecular formula is C16H12Cl2FN5. The summed E-state index contributed by atoms with van der Waals surface area (Å²) in [5.74, 6) is 5.56. The molecule has 3 aromatic rings. The first-order valence-corrected chi connectivity index (χ1v) is 7.66. The number of hydrogen-bond donors (Lipinski definition) is 1. The van der Waals surface area contributed by atoms with Crippen LogP contribution >= 0.6 is 23.2 Å². The number of nitrogens with two attached hydrogens (primary N) is 1. The summed E-state index contributed by atoms with van der Waals surface area (Å²) in [7, 11) is 1.67. The summed E-state index contributed by atoms with van der Waals surface area (Å²) in [5, 5.41) is 8.84. The summed E-state index contributed by atoms with van der Waals surface area (Å²) >= 11 is 12.0. The molecule has 0 saturated heterocycles. The van der Waals surface area contributed by atoms with Gasteiger partial charge >= 0.3 is 0 Å². The number of hydrogen-bond acceptors (Lipinski definition) is 4. The van der Waals surface area contributed by atoms with Crippen LogP contribution in [0.15, 0.2) is 47.6 Å². The van der Waals surface area contributed by atoms with Crippen molar-refractivity contribution < 1.29 is 4.39 Å². The van der Waals surface area contributed by atoms with Crippen LogP contribution in [0.5, 0.6) is 0 Å². The number of benzene rings is 2. The van der Waals surface area contributed by atoms with Crippen molar-refractivity contribution in [2.45, 2.75) is 0 Å². The van der Waals surface area contributed by atoms with Gasteiger partial charge in [0.15, 0.2) is 11.6 Å². The second kappa shape index (κ2) is 6.59. The highest BCUT2D eigenvalue weighted by molar-refractivity contribution is 6.33. The van der Waals surface area contributed by atoms with Gasteiger partial charge in [-0.05, 0) is 24.3 Å². The minimum atomic E-state index is -0.502. The monoisotopic (exact) mass is 363 g/mol. The van der Waals surface area contributed by atoms with Crippen LogP contribution in [0.3, 0.4) is 0 Å². The maximum Gasteiger partial charge on any atom is 0.186 e. The Bertz CT molecular complexity index is 898. The fraction of sp³-hybridized carbons (Fsp3) is 0.0625. The maximum atomic E-state index is 14.1. The molecule has 1 aromatic heterocycles. The van der Waals surface area contributed by atoms with E-state index in [2.05, 4.69) is 15.2 Å². The Kier molecular flexibility index (Phi) is 4.51. The molecule has 0 unspecified atom stereocenters. The topological polar surface area (TPSA) is 69.1 Å². The van der Waals surface area contributed by atoms with Crippen LogP contribution < -0.4 is 5.84 Å². The molecule has 0 aliphatic heterocycles. The predicted molar refractivity (Wildman–Crippen MR) is 92.7 cm³/mol. The molecular weight excluding hydrogens is 352 g/mol. The van der Waals surface area contributed by atoms with E-state index in [-0.39, 0.29) is 16.4 Å². The lowest BCUT2D eigenvalue weighted by Crippen LogP contribution is -2.13. The molecule has 8 heteroatoms. The Morgan fingerprint density at radius 1 is 1.17 bits per heavy atom. The van der Waals surface area contributed by atoms with Gasteiger partial charge in [-0.25, -0.2) is 14.1 Å². The molecule has 0 atom stereocenters. The van der Waals surface area contributed by atoms with Crippen molar-refractivity contribution in [2.24, 2.45) is 18.0 Å². The highest BCUT2D eigenvalue weighted by atomic mass is 35.5. The summed E-state index contributed by atoms with van der Waals surface area (Å²) in [6.07, 6.45) is 0. The number of halogens is 3. The zero-order chi connectivity index (χ0) is 17.3. The second-order valence-corrected chi connectivity index (χ2v) is 5.81. The van der Waals surface area contributed by atoms with E-state index in [9.17, 15) is 4.39 Å². The Hall–Kier alpha value is -2.44. The number of aryl methyl sites for hydroxylation is 1. The third-order valence-electron chi connectivity index (χ3n) is 3.41. The van der Waals surface area contributed by atoms with E-state index in [1.54, 1.807) is 37.4 Å². The maximum absolute atomic E-state index is 14.1. The van der Waals surface area contributed by atoms with E-state index in [1.807, 2.05) is 0 Å². The van der Waals surface area contributed by atoms with Gasteiger partial charge in [0.1, 0.15) is 11.5 Å². The van der Waals surface area contributed by atoms with E-state index in [4.69, 9.17) is 29.0 Å². The zero-order valence-corrected chi connectivity index (χ0v) is 14.1. The third kappa shape index (κ3) is 2.98. The van der Waals surface area contributed by atoms with Crippen LogP contribution in [0, 0.1) is 5.82 Å². The zero-order valence-electron chi connectivity index (χ0n) is 12.5. The number of aromatic nitrogens is 3. The molecule has 0 aliphatic carbocycles. The van der Waals surface area contributed by atoms with E-state index in [1.165, 1.54) is 16.8 Å². The van der Waals surface area contributed by atoms with Crippen molar-refractivity contribution in [1.29, 1.82) is 0 Å². The molecule has 0 radical (unpaired) electrons. The lowest BCUT2D eigenvalue weighted by molar-refractivity contribution is 0.629. The number of nitrogens with zero attached hydrogens (tertiary/aromatic N) is 4.